The summed E-state index contributed by atoms with van der Waals surface area (Å²) in [5.74, 6) is 0.689. The summed E-state index contributed by atoms with van der Waals surface area (Å²) < 4.78 is 0. The second-order valence-electron chi connectivity index (χ2n) is 6.59. The molecule has 0 bridgehead atoms. The molecule has 0 radical (unpaired) electrons. The Labute approximate surface area is 114 Å². The number of rotatable bonds is 2. The van der Waals surface area contributed by atoms with Gasteiger partial charge in [-0.05, 0) is 61.6 Å². The minimum atomic E-state index is -0.605. The lowest BCUT2D eigenvalue weighted by atomic mass is 9.59. The third-order valence-electron chi connectivity index (χ3n) is 5.86. The highest BCUT2D eigenvalue weighted by molar-refractivity contribution is 5.21. The monoisotopic (exact) mass is 261 g/mol. The molecule has 0 aromatic carbocycles. The zero-order chi connectivity index (χ0) is 13.5. The van der Waals surface area contributed by atoms with Gasteiger partial charge in [-0.15, -0.1) is 0 Å². The summed E-state index contributed by atoms with van der Waals surface area (Å²) in [7, 11) is 0. The fourth-order valence-corrected chi connectivity index (χ4v) is 4.37. The van der Waals surface area contributed by atoms with Crippen molar-refractivity contribution in [2.75, 3.05) is 6.61 Å². The molecule has 2 N–H and O–H groups in total. The molecule has 19 heavy (non-hydrogen) atoms. The van der Waals surface area contributed by atoms with Gasteiger partial charge in [0.15, 0.2) is 0 Å². The Hall–Kier alpha value is -0.930. The molecule has 2 aliphatic rings. The number of pyridine rings is 1. The van der Waals surface area contributed by atoms with Gasteiger partial charge in [0, 0.05) is 24.4 Å². The molecule has 0 amide bonds. The number of aromatic nitrogens is 1. The molecule has 1 aromatic heterocycles. The van der Waals surface area contributed by atoms with Crippen molar-refractivity contribution in [3.8, 4) is 0 Å². The highest BCUT2D eigenvalue weighted by Gasteiger charge is 2.58. The van der Waals surface area contributed by atoms with Crippen LogP contribution in [0.5, 0.6) is 0 Å². The highest BCUT2D eigenvalue weighted by atomic mass is 16.3. The van der Waals surface area contributed by atoms with Crippen LogP contribution in [0.25, 0.3) is 0 Å². The van der Waals surface area contributed by atoms with Gasteiger partial charge in [-0.3, -0.25) is 4.98 Å². The van der Waals surface area contributed by atoms with Crippen LogP contribution in [0.4, 0.5) is 0 Å². The summed E-state index contributed by atoms with van der Waals surface area (Å²) in [6.07, 6.45) is 8.37. The SMILES string of the molecule is C[C@]12CC[C@H](c3ccncc3)C[C@@]1(O)CC[C@@H]2CO. The Morgan fingerprint density at radius 2 is 2.00 bits per heavy atom. The van der Waals surface area contributed by atoms with Crippen LogP contribution in [0, 0.1) is 11.3 Å². The molecule has 2 aliphatic carbocycles. The zero-order valence-electron chi connectivity index (χ0n) is 11.5. The van der Waals surface area contributed by atoms with Crippen molar-refractivity contribution in [2.45, 2.75) is 50.5 Å². The smallest absolute Gasteiger partial charge is 0.0710 e. The molecule has 0 saturated heterocycles. The number of nitrogens with zero attached hydrogens (tertiary/aromatic N) is 1. The van der Waals surface area contributed by atoms with E-state index in [1.165, 1.54) is 5.56 Å². The Morgan fingerprint density at radius 1 is 1.26 bits per heavy atom. The summed E-state index contributed by atoms with van der Waals surface area (Å²) in [5.41, 5.74) is 0.579. The van der Waals surface area contributed by atoms with E-state index in [4.69, 9.17) is 0 Å². The van der Waals surface area contributed by atoms with Crippen LogP contribution in [0.1, 0.15) is 50.5 Å². The van der Waals surface area contributed by atoms with E-state index < -0.39 is 5.60 Å². The first-order valence-electron chi connectivity index (χ1n) is 7.32. The molecule has 0 spiro atoms. The van der Waals surface area contributed by atoms with Crippen molar-refractivity contribution in [1.82, 2.24) is 4.98 Å². The molecule has 2 saturated carbocycles. The van der Waals surface area contributed by atoms with Gasteiger partial charge in [0.1, 0.15) is 0 Å². The van der Waals surface area contributed by atoms with Gasteiger partial charge in [0.2, 0.25) is 0 Å². The van der Waals surface area contributed by atoms with Gasteiger partial charge in [0.05, 0.1) is 5.60 Å². The van der Waals surface area contributed by atoms with E-state index in [-0.39, 0.29) is 17.9 Å². The van der Waals surface area contributed by atoms with Crippen molar-refractivity contribution in [2.24, 2.45) is 11.3 Å². The summed E-state index contributed by atoms with van der Waals surface area (Å²) >= 11 is 0. The van der Waals surface area contributed by atoms with E-state index in [0.717, 1.165) is 32.1 Å². The highest BCUT2D eigenvalue weighted by Crippen LogP contribution is 2.60. The molecule has 2 fully saturated rings. The van der Waals surface area contributed by atoms with Gasteiger partial charge in [-0.2, -0.15) is 0 Å². The van der Waals surface area contributed by atoms with Gasteiger partial charge < -0.3 is 10.2 Å². The van der Waals surface area contributed by atoms with Crippen LogP contribution >= 0.6 is 0 Å². The third kappa shape index (κ3) is 1.91. The normalized spacial score (nSPS) is 42.1. The quantitative estimate of drug-likeness (QED) is 0.860. The third-order valence-corrected chi connectivity index (χ3v) is 5.86. The zero-order valence-corrected chi connectivity index (χ0v) is 11.5. The van der Waals surface area contributed by atoms with Crippen LogP contribution in [0.3, 0.4) is 0 Å². The molecule has 3 rings (SSSR count). The van der Waals surface area contributed by atoms with Crippen molar-refractivity contribution < 1.29 is 10.2 Å². The van der Waals surface area contributed by atoms with Crippen molar-refractivity contribution >= 4 is 0 Å². The van der Waals surface area contributed by atoms with E-state index in [9.17, 15) is 10.2 Å². The molecule has 0 aliphatic heterocycles. The van der Waals surface area contributed by atoms with Gasteiger partial charge in [0.25, 0.3) is 0 Å². The van der Waals surface area contributed by atoms with Crippen LogP contribution in [-0.4, -0.2) is 27.4 Å². The minimum absolute atomic E-state index is 0.106. The molecule has 4 atom stereocenters. The molecular weight excluding hydrogens is 238 g/mol. The van der Waals surface area contributed by atoms with Gasteiger partial charge in [-0.1, -0.05) is 6.92 Å². The molecule has 0 unspecified atom stereocenters. The lowest BCUT2D eigenvalue weighted by molar-refractivity contribution is -0.110. The fourth-order valence-electron chi connectivity index (χ4n) is 4.37. The van der Waals surface area contributed by atoms with Crippen molar-refractivity contribution in [1.29, 1.82) is 0 Å². The Bertz CT molecular complexity index is 449. The standard InChI is InChI=1S/C16H23NO2/c1-15-6-2-13(12-4-8-17-9-5-12)10-16(15,19)7-3-14(15)11-18/h4-5,8-9,13-14,18-19H,2-3,6-7,10-11H2,1H3/t13-,14+,15+,16-/m0/s1. The summed E-state index contributed by atoms with van der Waals surface area (Å²) in [5, 5.41) is 20.6. The van der Waals surface area contributed by atoms with Gasteiger partial charge in [-0.25, -0.2) is 0 Å². The number of fused-ring (bicyclic) bond motifs is 1. The maximum absolute atomic E-state index is 11.1. The molecule has 1 heterocycles. The second-order valence-corrected chi connectivity index (χ2v) is 6.59. The molecule has 1 aromatic rings. The van der Waals surface area contributed by atoms with E-state index >= 15 is 0 Å². The summed E-state index contributed by atoms with van der Waals surface area (Å²) in [6.45, 7) is 2.38. The molecular formula is C16H23NO2. The van der Waals surface area contributed by atoms with E-state index in [1.54, 1.807) is 0 Å². The number of aliphatic hydroxyl groups is 2. The topological polar surface area (TPSA) is 53.4 Å². The van der Waals surface area contributed by atoms with Crippen molar-refractivity contribution in [3.63, 3.8) is 0 Å². The van der Waals surface area contributed by atoms with E-state index in [2.05, 4.69) is 24.0 Å². The van der Waals surface area contributed by atoms with Crippen LogP contribution in [0.15, 0.2) is 24.5 Å². The maximum Gasteiger partial charge on any atom is 0.0710 e. The Kier molecular flexibility index (Phi) is 3.14. The largest absolute Gasteiger partial charge is 0.396 e. The van der Waals surface area contributed by atoms with E-state index in [1.807, 2.05) is 12.4 Å². The molecule has 104 valence electrons. The second kappa shape index (κ2) is 4.57. The van der Waals surface area contributed by atoms with Crippen molar-refractivity contribution in [3.05, 3.63) is 30.1 Å². The molecule has 3 nitrogen and oxygen atoms in total. The van der Waals surface area contributed by atoms with Gasteiger partial charge >= 0.3 is 0 Å². The predicted molar refractivity (Wildman–Crippen MR) is 73.7 cm³/mol. The lowest BCUT2D eigenvalue weighted by Gasteiger charge is -2.49. The average Bonchev–Trinajstić information content (AvgIpc) is 2.70. The van der Waals surface area contributed by atoms with Crippen LogP contribution in [-0.2, 0) is 0 Å². The predicted octanol–water partition coefficient (Wildman–Crippen LogP) is 2.49. The summed E-state index contributed by atoms with van der Waals surface area (Å²) in [6, 6.07) is 4.13. The maximum atomic E-state index is 11.1. The van der Waals surface area contributed by atoms with Crippen LogP contribution in [0.2, 0.25) is 0 Å². The van der Waals surface area contributed by atoms with E-state index in [0.29, 0.717) is 5.92 Å². The van der Waals surface area contributed by atoms with Crippen LogP contribution < -0.4 is 0 Å². The lowest BCUT2D eigenvalue weighted by Crippen LogP contribution is -2.49. The minimum Gasteiger partial charge on any atom is -0.396 e. The Morgan fingerprint density at radius 3 is 2.68 bits per heavy atom. The first kappa shape index (κ1) is 13.1. The number of aliphatic hydroxyl groups excluding tert-OH is 1. The molecule has 3 heteroatoms. The Balaban J connectivity index is 1.85. The first-order valence-corrected chi connectivity index (χ1v) is 7.32. The fraction of sp³-hybridized carbons (Fsp3) is 0.688. The number of hydrogen-bond acceptors (Lipinski definition) is 3. The average molecular weight is 261 g/mol. The summed E-state index contributed by atoms with van der Waals surface area (Å²) in [4.78, 5) is 4.07. The number of hydrogen-bond donors (Lipinski definition) is 2. The first-order chi connectivity index (χ1) is 9.09.